The van der Waals surface area contributed by atoms with Gasteiger partial charge in [0.15, 0.2) is 5.96 Å². The van der Waals surface area contributed by atoms with Crippen molar-refractivity contribution >= 4 is 5.96 Å². The van der Waals surface area contributed by atoms with E-state index >= 15 is 0 Å². The lowest BCUT2D eigenvalue weighted by atomic mass is 9.78. The van der Waals surface area contributed by atoms with E-state index in [-0.39, 0.29) is 0 Å². The third-order valence-electron chi connectivity index (χ3n) is 5.44. The van der Waals surface area contributed by atoms with Crippen LogP contribution in [0.15, 0.2) is 59.6 Å². The van der Waals surface area contributed by atoms with E-state index in [1.165, 1.54) is 29.5 Å². The van der Waals surface area contributed by atoms with Crippen LogP contribution in [0.2, 0.25) is 0 Å². The highest BCUT2D eigenvalue weighted by molar-refractivity contribution is 5.80. The van der Waals surface area contributed by atoms with Gasteiger partial charge in [-0.2, -0.15) is 0 Å². The lowest BCUT2D eigenvalue weighted by Crippen LogP contribution is -2.43. The van der Waals surface area contributed by atoms with Crippen molar-refractivity contribution in [3.8, 4) is 0 Å². The van der Waals surface area contributed by atoms with E-state index in [0.717, 1.165) is 25.6 Å². The van der Waals surface area contributed by atoms with Crippen LogP contribution < -0.4 is 5.32 Å². The Morgan fingerprint density at radius 2 is 1.92 bits per heavy atom. The molecule has 1 saturated heterocycles. The summed E-state index contributed by atoms with van der Waals surface area (Å²) in [5, 5.41) is 3.60. The standard InChI is InChI=1S/C21H25N3/c1-22-21(23-14-19-13-17-9-5-6-10-20(17)19)24-12-11-18(15-24)16-7-3-2-4-8-16/h2-10,18-19H,11-15H2,1H3,(H,22,23). The highest BCUT2D eigenvalue weighted by atomic mass is 15.3. The SMILES string of the molecule is CN=C(NCC1Cc2ccccc21)N1CCC(c2ccccc2)C1. The topological polar surface area (TPSA) is 27.6 Å². The summed E-state index contributed by atoms with van der Waals surface area (Å²) in [6, 6.07) is 19.6. The van der Waals surface area contributed by atoms with Gasteiger partial charge in [0.1, 0.15) is 0 Å². The molecule has 2 aromatic carbocycles. The quantitative estimate of drug-likeness (QED) is 0.694. The molecule has 2 atom stereocenters. The van der Waals surface area contributed by atoms with E-state index in [1.807, 2.05) is 7.05 Å². The van der Waals surface area contributed by atoms with Crippen LogP contribution in [0.4, 0.5) is 0 Å². The van der Waals surface area contributed by atoms with E-state index in [9.17, 15) is 0 Å². The Labute approximate surface area is 144 Å². The fourth-order valence-corrected chi connectivity index (χ4v) is 4.04. The molecule has 1 aliphatic carbocycles. The predicted molar refractivity (Wildman–Crippen MR) is 99.6 cm³/mol. The summed E-state index contributed by atoms with van der Waals surface area (Å²) < 4.78 is 0. The van der Waals surface area contributed by atoms with Gasteiger partial charge in [-0.25, -0.2) is 0 Å². The zero-order valence-corrected chi connectivity index (χ0v) is 14.3. The molecule has 0 radical (unpaired) electrons. The zero-order chi connectivity index (χ0) is 16.4. The van der Waals surface area contributed by atoms with Gasteiger partial charge in [0.25, 0.3) is 0 Å². The van der Waals surface area contributed by atoms with Crippen molar-refractivity contribution in [1.82, 2.24) is 10.2 Å². The molecule has 2 aliphatic rings. The van der Waals surface area contributed by atoms with Gasteiger partial charge in [0.2, 0.25) is 0 Å². The minimum absolute atomic E-state index is 0.620. The van der Waals surface area contributed by atoms with E-state index in [2.05, 4.69) is 69.8 Å². The number of likely N-dealkylation sites (tertiary alicyclic amines) is 1. The first-order valence-electron chi connectivity index (χ1n) is 8.93. The Hall–Kier alpha value is -2.29. The fourth-order valence-electron chi connectivity index (χ4n) is 4.04. The normalized spacial score (nSPS) is 22.9. The molecule has 0 amide bonds. The zero-order valence-electron chi connectivity index (χ0n) is 14.3. The maximum atomic E-state index is 4.52. The third-order valence-corrected chi connectivity index (χ3v) is 5.44. The van der Waals surface area contributed by atoms with Crippen LogP contribution in [0.25, 0.3) is 0 Å². The number of benzene rings is 2. The van der Waals surface area contributed by atoms with Crippen molar-refractivity contribution in [3.63, 3.8) is 0 Å². The summed E-state index contributed by atoms with van der Waals surface area (Å²) in [5.74, 6) is 2.30. The van der Waals surface area contributed by atoms with Gasteiger partial charge in [-0.05, 0) is 29.5 Å². The van der Waals surface area contributed by atoms with Gasteiger partial charge in [-0.1, -0.05) is 54.6 Å². The molecule has 3 nitrogen and oxygen atoms in total. The molecule has 3 heteroatoms. The molecule has 1 heterocycles. The molecule has 1 fully saturated rings. The molecule has 124 valence electrons. The van der Waals surface area contributed by atoms with E-state index < -0.39 is 0 Å². The van der Waals surface area contributed by atoms with Crippen LogP contribution in [0, 0.1) is 0 Å². The number of nitrogens with zero attached hydrogens (tertiary/aromatic N) is 2. The van der Waals surface area contributed by atoms with Crippen molar-refractivity contribution in [3.05, 3.63) is 71.3 Å². The molecule has 24 heavy (non-hydrogen) atoms. The molecule has 1 aliphatic heterocycles. The predicted octanol–water partition coefficient (Wildman–Crippen LogP) is 3.39. The van der Waals surface area contributed by atoms with Gasteiger partial charge in [0, 0.05) is 38.5 Å². The maximum absolute atomic E-state index is 4.52. The fraction of sp³-hybridized carbons (Fsp3) is 0.381. The first kappa shape index (κ1) is 15.3. The first-order chi connectivity index (χ1) is 11.8. The van der Waals surface area contributed by atoms with E-state index in [0.29, 0.717) is 11.8 Å². The average molecular weight is 319 g/mol. The van der Waals surface area contributed by atoms with Crippen LogP contribution in [0.5, 0.6) is 0 Å². The number of hydrogen-bond donors (Lipinski definition) is 1. The van der Waals surface area contributed by atoms with Crippen molar-refractivity contribution in [1.29, 1.82) is 0 Å². The van der Waals surface area contributed by atoms with Crippen LogP contribution in [0.1, 0.15) is 34.9 Å². The Kier molecular flexibility index (Phi) is 4.24. The number of rotatable bonds is 3. The summed E-state index contributed by atoms with van der Waals surface area (Å²) in [6.45, 7) is 3.13. The van der Waals surface area contributed by atoms with Crippen LogP contribution >= 0.6 is 0 Å². The average Bonchev–Trinajstić information content (AvgIpc) is 3.10. The molecular formula is C21H25N3. The largest absolute Gasteiger partial charge is 0.356 e. The van der Waals surface area contributed by atoms with E-state index in [4.69, 9.17) is 0 Å². The van der Waals surface area contributed by atoms with Gasteiger partial charge < -0.3 is 10.2 Å². The van der Waals surface area contributed by atoms with Gasteiger partial charge in [0.05, 0.1) is 0 Å². The van der Waals surface area contributed by atoms with Crippen molar-refractivity contribution in [2.45, 2.75) is 24.7 Å². The highest BCUT2D eigenvalue weighted by Gasteiger charge is 2.28. The maximum Gasteiger partial charge on any atom is 0.193 e. The third kappa shape index (κ3) is 2.91. The van der Waals surface area contributed by atoms with E-state index in [1.54, 1.807) is 0 Å². The molecular weight excluding hydrogens is 294 g/mol. The second-order valence-electron chi connectivity index (χ2n) is 6.87. The number of fused-ring (bicyclic) bond motifs is 1. The van der Waals surface area contributed by atoms with Gasteiger partial charge in [-0.15, -0.1) is 0 Å². The summed E-state index contributed by atoms with van der Waals surface area (Å²) in [4.78, 5) is 6.92. The van der Waals surface area contributed by atoms with Crippen molar-refractivity contribution in [2.75, 3.05) is 26.7 Å². The minimum atomic E-state index is 0.620. The van der Waals surface area contributed by atoms with Crippen molar-refractivity contribution < 1.29 is 0 Å². The monoisotopic (exact) mass is 319 g/mol. The molecule has 0 aromatic heterocycles. The summed E-state index contributed by atoms with van der Waals surface area (Å²) >= 11 is 0. The number of hydrogen-bond acceptors (Lipinski definition) is 1. The highest BCUT2D eigenvalue weighted by Crippen LogP contribution is 2.34. The molecule has 4 rings (SSSR count). The van der Waals surface area contributed by atoms with Crippen LogP contribution in [0.3, 0.4) is 0 Å². The molecule has 0 bridgehead atoms. The Morgan fingerprint density at radius 1 is 1.12 bits per heavy atom. The Morgan fingerprint density at radius 3 is 2.71 bits per heavy atom. The number of aliphatic imine (C=N–C) groups is 1. The lowest BCUT2D eigenvalue weighted by molar-refractivity contribution is 0.474. The Balaban J connectivity index is 1.34. The Bertz CT molecular complexity index is 723. The molecule has 0 spiro atoms. The lowest BCUT2D eigenvalue weighted by Gasteiger charge is -2.32. The minimum Gasteiger partial charge on any atom is -0.356 e. The molecule has 0 saturated carbocycles. The van der Waals surface area contributed by atoms with Crippen LogP contribution in [-0.4, -0.2) is 37.5 Å². The summed E-state index contributed by atoms with van der Waals surface area (Å²) in [5.41, 5.74) is 4.46. The van der Waals surface area contributed by atoms with Crippen LogP contribution in [-0.2, 0) is 6.42 Å². The van der Waals surface area contributed by atoms with Gasteiger partial charge in [-0.3, -0.25) is 4.99 Å². The molecule has 2 unspecified atom stereocenters. The smallest absolute Gasteiger partial charge is 0.193 e. The second kappa shape index (κ2) is 6.68. The molecule has 2 aromatic rings. The molecule has 1 N–H and O–H groups in total. The van der Waals surface area contributed by atoms with Gasteiger partial charge >= 0.3 is 0 Å². The number of nitrogens with one attached hydrogen (secondary N) is 1. The number of guanidine groups is 1. The second-order valence-corrected chi connectivity index (χ2v) is 6.87. The van der Waals surface area contributed by atoms with Crippen molar-refractivity contribution in [2.24, 2.45) is 4.99 Å². The summed E-state index contributed by atoms with van der Waals surface area (Å²) in [6.07, 6.45) is 2.39. The summed E-state index contributed by atoms with van der Waals surface area (Å²) in [7, 11) is 1.90. The first-order valence-corrected chi connectivity index (χ1v) is 8.93.